The molecule has 4 N–H and O–H groups in total. The van der Waals surface area contributed by atoms with Crippen molar-refractivity contribution in [1.82, 2.24) is 4.57 Å². The number of benzene rings is 1. The van der Waals surface area contributed by atoms with Gasteiger partial charge in [0.05, 0.1) is 0 Å². The normalized spacial score (nSPS) is 10.1. The van der Waals surface area contributed by atoms with E-state index in [0.717, 1.165) is 11.3 Å². The number of nitrogens with zero attached hydrogens (tertiary/aromatic N) is 1. The molecule has 1 aromatic carbocycles. The minimum atomic E-state index is -1.07. The number of rotatable bonds is 7. The van der Waals surface area contributed by atoms with E-state index >= 15 is 0 Å². The number of aryl methyl sites for hydroxylation is 1. The summed E-state index contributed by atoms with van der Waals surface area (Å²) >= 11 is 0. The number of ketones is 1. The average Bonchev–Trinajstić information content (AvgIpc) is 2.71. The van der Waals surface area contributed by atoms with Crippen LogP contribution in [0.15, 0.2) is 54.7 Å². The molecule has 1 amide bonds. The molecule has 2 rings (SSSR count). The van der Waals surface area contributed by atoms with Crippen molar-refractivity contribution in [3.8, 4) is 0 Å². The summed E-state index contributed by atoms with van der Waals surface area (Å²) in [6, 6.07) is 14.5. The zero-order valence-corrected chi connectivity index (χ0v) is 15.8. The van der Waals surface area contributed by atoms with E-state index in [4.69, 9.17) is 10.8 Å². The molecule has 0 atom stereocenters. The van der Waals surface area contributed by atoms with Crippen molar-refractivity contribution >= 4 is 23.3 Å². The second-order valence-electron chi connectivity index (χ2n) is 6.31. The first-order valence-corrected chi connectivity index (χ1v) is 8.66. The highest BCUT2D eigenvalue weighted by molar-refractivity contribution is 6.42. The maximum atomic E-state index is 12.5. The Bertz CT molecular complexity index is 948. The highest BCUT2D eigenvalue weighted by atomic mass is 16.4. The molecule has 0 radical (unpaired) electrons. The van der Waals surface area contributed by atoms with Gasteiger partial charge in [-0.1, -0.05) is 30.3 Å². The molecular weight excluding hydrogens is 358 g/mol. The summed E-state index contributed by atoms with van der Waals surface area (Å²) < 4.78 is 1.86. The van der Waals surface area contributed by atoms with Crippen LogP contribution in [0.2, 0.25) is 0 Å². The quantitative estimate of drug-likeness (QED) is 0.502. The number of anilines is 1. The van der Waals surface area contributed by atoms with Crippen LogP contribution in [-0.2, 0) is 23.1 Å². The lowest BCUT2D eigenvalue weighted by Crippen LogP contribution is -2.24. The molecule has 0 saturated carbocycles. The van der Waals surface area contributed by atoms with Crippen LogP contribution in [0.4, 0.5) is 5.69 Å². The zero-order valence-electron chi connectivity index (χ0n) is 15.8. The lowest BCUT2D eigenvalue weighted by Gasteiger charge is -2.12. The molecule has 7 nitrogen and oxygen atoms in total. The molecule has 0 aliphatic heterocycles. The van der Waals surface area contributed by atoms with E-state index in [-0.39, 0.29) is 12.1 Å². The number of carboxylic acid groups (broad SMARTS) is 1. The molecular formula is C21H23N3O4. The maximum Gasteiger partial charge on any atom is 0.322 e. The van der Waals surface area contributed by atoms with Gasteiger partial charge in [-0.25, -0.2) is 0 Å². The number of carbonyl (C=O) groups excluding carboxylic acids is 2. The van der Waals surface area contributed by atoms with Crippen LogP contribution < -0.4 is 11.1 Å². The van der Waals surface area contributed by atoms with E-state index in [1.807, 2.05) is 41.9 Å². The molecule has 2 aromatic rings. The maximum absolute atomic E-state index is 12.5. The first-order valence-electron chi connectivity index (χ1n) is 8.66. The Morgan fingerprint density at radius 3 is 2.39 bits per heavy atom. The van der Waals surface area contributed by atoms with Crippen LogP contribution in [0, 0.1) is 6.92 Å². The third-order valence-electron chi connectivity index (χ3n) is 4.27. The highest BCUT2D eigenvalue weighted by Crippen LogP contribution is 2.18. The Hall–Kier alpha value is -3.61. The Kier molecular flexibility index (Phi) is 6.92. The van der Waals surface area contributed by atoms with E-state index in [1.54, 1.807) is 25.3 Å². The number of hydrogen-bond acceptors (Lipinski definition) is 4. The lowest BCUT2D eigenvalue weighted by atomic mass is 10.00. The minimum Gasteiger partial charge on any atom is -0.480 e. The second-order valence-corrected chi connectivity index (χ2v) is 6.31. The van der Waals surface area contributed by atoms with Crippen LogP contribution in [0.3, 0.4) is 0 Å². The SMILES string of the molecule is Cc1c(C(=O)C(N)=O)cc(NCC(=O)O)cccn(C)c1Cc1ccccc1. The topological polar surface area (TPSA) is 114 Å². The van der Waals surface area contributed by atoms with Crippen LogP contribution in [0.5, 0.6) is 0 Å². The number of aromatic nitrogens is 1. The molecule has 7 heteroatoms. The van der Waals surface area contributed by atoms with Crippen molar-refractivity contribution in [2.24, 2.45) is 12.8 Å². The van der Waals surface area contributed by atoms with Gasteiger partial charge in [-0.3, -0.25) is 14.4 Å². The lowest BCUT2D eigenvalue weighted by molar-refractivity contribution is -0.134. The Morgan fingerprint density at radius 1 is 1.11 bits per heavy atom. The molecule has 1 aromatic heterocycles. The highest BCUT2D eigenvalue weighted by Gasteiger charge is 2.17. The number of primary amides is 1. The predicted molar refractivity (Wildman–Crippen MR) is 107 cm³/mol. The van der Waals surface area contributed by atoms with Crippen molar-refractivity contribution in [3.63, 3.8) is 0 Å². The molecule has 1 heterocycles. The Labute approximate surface area is 163 Å². The summed E-state index contributed by atoms with van der Waals surface area (Å²) in [5.74, 6) is -2.95. The fourth-order valence-electron chi connectivity index (χ4n) is 2.80. The van der Waals surface area contributed by atoms with Crippen LogP contribution in [-0.4, -0.2) is 33.9 Å². The third kappa shape index (κ3) is 5.44. The predicted octanol–water partition coefficient (Wildman–Crippen LogP) is 2.21. The van der Waals surface area contributed by atoms with Gasteiger partial charge in [0.25, 0.3) is 5.91 Å². The monoisotopic (exact) mass is 381 g/mol. The summed E-state index contributed by atoms with van der Waals surface area (Å²) in [6.07, 6.45) is 2.34. The van der Waals surface area contributed by atoms with Gasteiger partial charge < -0.3 is 20.7 Å². The Balaban J connectivity index is 2.71. The van der Waals surface area contributed by atoms with Crippen LogP contribution in [0.25, 0.3) is 0 Å². The molecule has 0 fully saturated rings. The van der Waals surface area contributed by atoms with Crippen LogP contribution in [0.1, 0.15) is 27.2 Å². The number of aliphatic carboxylic acids is 1. The van der Waals surface area contributed by atoms with Crippen molar-refractivity contribution in [2.75, 3.05) is 11.9 Å². The van der Waals surface area contributed by atoms with Crippen LogP contribution >= 0.6 is 0 Å². The van der Waals surface area contributed by atoms with Gasteiger partial charge in [-0.05, 0) is 36.2 Å². The number of carbonyl (C=O) groups is 3. The van der Waals surface area contributed by atoms with Gasteiger partial charge in [-0.15, -0.1) is 0 Å². The summed E-state index contributed by atoms with van der Waals surface area (Å²) in [4.78, 5) is 35.0. The summed E-state index contributed by atoms with van der Waals surface area (Å²) in [5, 5.41) is 11.6. The number of carboxylic acids is 1. The van der Waals surface area contributed by atoms with E-state index in [1.165, 1.54) is 6.07 Å². The van der Waals surface area contributed by atoms with E-state index < -0.39 is 17.7 Å². The fraction of sp³-hybridized carbons (Fsp3) is 0.190. The van der Waals surface area contributed by atoms with Crippen molar-refractivity contribution < 1.29 is 19.5 Å². The third-order valence-corrected chi connectivity index (χ3v) is 4.27. The molecule has 0 spiro atoms. The number of nitrogens with one attached hydrogen (secondary N) is 1. The smallest absolute Gasteiger partial charge is 0.322 e. The van der Waals surface area contributed by atoms with Gasteiger partial charge >= 0.3 is 5.97 Å². The zero-order chi connectivity index (χ0) is 20.7. The number of hydrogen-bond donors (Lipinski definition) is 3. The molecule has 146 valence electrons. The number of nitrogens with two attached hydrogens (primary N) is 1. The first-order chi connectivity index (χ1) is 13.3. The molecule has 0 bridgehead atoms. The fourth-order valence-corrected chi connectivity index (χ4v) is 2.80. The summed E-state index contributed by atoms with van der Waals surface area (Å²) in [7, 11) is 1.84. The van der Waals surface area contributed by atoms with Gasteiger partial charge in [0.2, 0.25) is 5.78 Å². The summed E-state index contributed by atoms with van der Waals surface area (Å²) in [6.45, 7) is 1.42. The standard InChI is InChI=1S/C21H23N3O4/c1-14-17(20(27)21(22)28)12-16(23-13-19(25)26)9-6-10-24(2)18(14)11-15-7-4-3-5-8-15/h3-10,12,23H,11,13H2,1-2H3,(H2,22,28)(H,25,26). The van der Waals surface area contributed by atoms with Gasteiger partial charge in [0.15, 0.2) is 0 Å². The largest absolute Gasteiger partial charge is 0.480 e. The van der Waals surface area contributed by atoms with E-state index in [2.05, 4.69) is 5.32 Å². The number of Topliss-reactive ketones (excluding diaryl/α,β-unsaturated/α-hetero) is 1. The van der Waals surface area contributed by atoms with Gasteiger partial charge in [0.1, 0.15) is 6.54 Å². The minimum absolute atomic E-state index is 0.123. The molecule has 0 aliphatic carbocycles. The summed E-state index contributed by atoms with van der Waals surface area (Å²) in [5.41, 5.74) is 8.20. The molecule has 0 aliphatic rings. The first kappa shape index (κ1) is 20.7. The number of amides is 1. The van der Waals surface area contributed by atoms with Crippen molar-refractivity contribution in [3.05, 3.63) is 77.1 Å². The molecule has 28 heavy (non-hydrogen) atoms. The van der Waals surface area contributed by atoms with Gasteiger partial charge in [0, 0.05) is 36.6 Å². The van der Waals surface area contributed by atoms with E-state index in [9.17, 15) is 14.4 Å². The van der Waals surface area contributed by atoms with Crippen molar-refractivity contribution in [1.29, 1.82) is 0 Å². The van der Waals surface area contributed by atoms with Gasteiger partial charge in [-0.2, -0.15) is 0 Å². The molecule has 0 saturated heterocycles. The average molecular weight is 381 g/mol. The van der Waals surface area contributed by atoms with Crippen molar-refractivity contribution in [2.45, 2.75) is 13.3 Å². The van der Waals surface area contributed by atoms with E-state index in [0.29, 0.717) is 17.7 Å². The Morgan fingerprint density at radius 2 is 1.79 bits per heavy atom. The second kappa shape index (κ2) is 9.36. The molecule has 0 unspecified atom stereocenters.